The van der Waals surface area contributed by atoms with Crippen LogP contribution in [0.1, 0.15) is 6.42 Å². The Morgan fingerprint density at radius 3 is 2.00 bits per heavy atom. The summed E-state index contributed by atoms with van der Waals surface area (Å²) in [5.74, 6) is -1.65. The van der Waals surface area contributed by atoms with Gasteiger partial charge in [-0.1, -0.05) is 23.2 Å². The summed E-state index contributed by atoms with van der Waals surface area (Å²) in [5.41, 5.74) is 0. The minimum absolute atomic E-state index is 0.0238. The Labute approximate surface area is 102 Å². The third kappa shape index (κ3) is 1.74. The summed E-state index contributed by atoms with van der Waals surface area (Å²) in [6.07, 6.45) is 0.244. The van der Waals surface area contributed by atoms with Gasteiger partial charge in [0.15, 0.2) is 9.84 Å². The van der Waals surface area contributed by atoms with E-state index in [1.54, 1.807) is 0 Å². The quantitative estimate of drug-likeness (QED) is 0.646. The van der Waals surface area contributed by atoms with Crippen LogP contribution in [0.4, 0.5) is 0 Å². The maximum Gasteiger partial charge on any atom is 0.274 e. The van der Waals surface area contributed by atoms with Crippen LogP contribution in [0.3, 0.4) is 0 Å². The average molecular weight is 284 g/mol. The lowest BCUT2D eigenvalue weighted by molar-refractivity contribution is -0.139. The van der Waals surface area contributed by atoms with Crippen LogP contribution in [-0.4, -0.2) is 42.7 Å². The van der Waals surface area contributed by atoms with Crippen molar-refractivity contribution >= 4 is 44.9 Å². The fourth-order valence-electron chi connectivity index (χ4n) is 1.80. The summed E-state index contributed by atoms with van der Waals surface area (Å²) in [4.78, 5) is 24.0. The lowest BCUT2D eigenvalue weighted by Crippen LogP contribution is -2.41. The Morgan fingerprint density at radius 1 is 1.12 bits per heavy atom. The second-order valence-electron chi connectivity index (χ2n) is 3.67. The summed E-state index contributed by atoms with van der Waals surface area (Å²) in [7, 11) is -3.17. The van der Waals surface area contributed by atoms with Crippen molar-refractivity contribution in [2.45, 2.75) is 12.5 Å². The zero-order chi connectivity index (χ0) is 12.1. The summed E-state index contributed by atoms with van der Waals surface area (Å²) in [6.45, 7) is 0. The summed E-state index contributed by atoms with van der Waals surface area (Å²) < 4.78 is 22.5. The molecule has 0 aromatic rings. The first-order valence-electron chi connectivity index (χ1n) is 4.47. The summed E-state index contributed by atoms with van der Waals surface area (Å²) in [6, 6.07) is -0.644. The molecule has 0 aromatic carbocycles. The molecule has 2 rings (SSSR count). The maximum absolute atomic E-state index is 11.6. The summed E-state index contributed by atoms with van der Waals surface area (Å²) in [5, 5.41) is -0.674. The van der Waals surface area contributed by atoms with E-state index in [0.29, 0.717) is 0 Å². The fourth-order valence-corrected chi connectivity index (χ4v) is 3.85. The smallest absolute Gasteiger partial charge is 0.269 e. The van der Waals surface area contributed by atoms with Crippen LogP contribution in [0, 0.1) is 0 Å². The Hall–Kier alpha value is -0.590. The van der Waals surface area contributed by atoms with E-state index in [0.717, 1.165) is 4.90 Å². The largest absolute Gasteiger partial charge is 0.274 e. The van der Waals surface area contributed by atoms with Crippen molar-refractivity contribution in [3.63, 3.8) is 0 Å². The number of imide groups is 1. The van der Waals surface area contributed by atoms with Gasteiger partial charge in [-0.05, 0) is 6.42 Å². The van der Waals surface area contributed by atoms with Crippen molar-refractivity contribution in [1.29, 1.82) is 0 Å². The van der Waals surface area contributed by atoms with E-state index in [4.69, 9.17) is 23.2 Å². The lowest BCUT2D eigenvalue weighted by atomic mass is 10.2. The molecule has 5 nitrogen and oxygen atoms in total. The molecular formula is C8H7Cl2NO4S. The predicted octanol–water partition coefficient (Wildman–Crippen LogP) is 0.231. The third-order valence-electron chi connectivity index (χ3n) is 2.58. The number of hydrogen-bond donors (Lipinski definition) is 0. The standard InChI is InChI=1S/C8H7Cl2NO4S/c9-5-6(10)8(13)11(7(5)12)4-1-2-16(14,15)3-4/h4H,1-3H2/t4-/m0/s1. The van der Waals surface area contributed by atoms with Gasteiger partial charge in [0, 0.05) is 0 Å². The number of rotatable bonds is 1. The first-order chi connectivity index (χ1) is 7.33. The molecule has 2 aliphatic heterocycles. The molecule has 0 aromatic heterocycles. The van der Waals surface area contributed by atoms with Gasteiger partial charge in [0.05, 0.1) is 17.5 Å². The average Bonchev–Trinajstić information content (AvgIpc) is 2.63. The van der Waals surface area contributed by atoms with Crippen molar-refractivity contribution in [3.8, 4) is 0 Å². The van der Waals surface area contributed by atoms with E-state index in [2.05, 4.69) is 0 Å². The van der Waals surface area contributed by atoms with Crippen LogP contribution < -0.4 is 0 Å². The second-order valence-corrected chi connectivity index (χ2v) is 6.65. The molecule has 1 fully saturated rings. The van der Waals surface area contributed by atoms with Gasteiger partial charge < -0.3 is 0 Å². The highest BCUT2D eigenvalue weighted by Gasteiger charge is 2.44. The topological polar surface area (TPSA) is 71.5 Å². The summed E-state index contributed by atoms with van der Waals surface area (Å²) >= 11 is 11.1. The number of hydrogen-bond acceptors (Lipinski definition) is 4. The lowest BCUT2D eigenvalue weighted by Gasteiger charge is -2.20. The van der Waals surface area contributed by atoms with Gasteiger partial charge >= 0.3 is 0 Å². The number of sulfone groups is 1. The van der Waals surface area contributed by atoms with Gasteiger partial charge in [0.1, 0.15) is 10.1 Å². The number of carbonyl (C=O) groups is 2. The molecule has 2 heterocycles. The molecule has 1 atom stereocenters. The number of nitrogens with zero attached hydrogens (tertiary/aromatic N) is 1. The molecule has 0 saturated carbocycles. The molecule has 0 radical (unpaired) electrons. The Kier molecular flexibility index (Phi) is 2.76. The Morgan fingerprint density at radius 2 is 1.62 bits per heavy atom. The molecule has 1 saturated heterocycles. The normalized spacial score (nSPS) is 29.4. The zero-order valence-corrected chi connectivity index (χ0v) is 10.3. The minimum atomic E-state index is -3.17. The van der Waals surface area contributed by atoms with Crippen molar-refractivity contribution < 1.29 is 18.0 Å². The second kappa shape index (κ2) is 3.72. The van der Waals surface area contributed by atoms with Gasteiger partial charge in [-0.15, -0.1) is 0 Å². The van der Waals surface area contributed by atoms with Crippen molar-refractivity contribution in [1.82, 2.24) is 4.90 Å². The van der Waals surface area contributed by atoms with Gasteiger partial charge in [-0.25, -0.2) is 8.42 Å². The molecule has 0 spiro atoms. The Bertz CT molecular complexity index is 486. The van der Waals surface area contributed by atoms with Gasteiger partial charge in [-0.2, -0.15) is 0 Å². The number of amides is 2. The highest BCUT2D eigenvalue weighted by Crippen LogP contribution is 2.31. The van der Waals surface area contributed by atoms with Gasteiger partial charge in [0.25, 0.3) is 11.8 Å². The molecule has 0 unspecified atom stereocenters. The van der Waals surface area contributed by atoms with E-state index >= 15 is 0 Å². The van der Waals surface area contributed by atoms with Crippen LogP contribution in [0.5, 0.6) is 0 Å². The van der Waals surface area contributed by atoms with Crippen molar-refractivity contribution in [3.05, 3.63) is 10.1 Å². The van der Waals surface area contributed by atoms with Gasteiger partial charge in [0.2, 0.25) is 0 Å². The molecule has 16 heavy (non-hydrogen) atoms. The molecule has 2 amide bonds. The molecule has 0 bridgehead atoms. The maximum atomic E-state index is 11.6. The first-order valence-corrected chi connectivity index (χ1v) is 7.05. The van der Waals surface area contributed by atoms with Crippen molar-refractivity contribution in [2.24, 2.45) is 0 Å². The molecule has 2 aliphatic rings. The molecule has 0 N–H and O–H groups in total. The van der Waals surface area contributed by atoms with Crippen LogP contribution in [0.2, 0.25) is 0 Å². The van der Waals surface area contributed by atoms with Crippen LogP contribution in [-0.2, 0) is 19.4 Å². The van der Waals surface area contributed by atoms with Crippen LogP contribution in [0.15, 0.2) is 10.1 Å². The number of carbonyl (C=O) groups excluding carboxylic acids is 2. The Balaban J connectivity index is 2.27. The fraction of sp³-hybridized carbons (Fsp3) is 0.500. The molecule has 0 aliphatic carbocycles. The molecule has 88 valence electrons. The van der Waals surface area contributed by atoms with E-state index in [9.17, 15) is 18.0 Å². The zero-order valence-electron chi connectivity index (χ0n) is 7.94. The van der Waals surface area contributed by atoms with Crippen LogP contribution in [0.25, 0.3) is 0 Å². The van der Waals surface area contributed by atoms with E-state index in [1.807, 2.05) is 0 Å². The van der Waals surface area contributed by atoms with Gasteiger partial charge in [-0.3, -0.25) is 14.5 Å². The predicted molar refractivity (Wildman–Crippen MR) is 57.6 cm³/mol. The van der Waals surface area contributed by atoms with E-state index < -0.39 is 27.7 Å². The van der Waals surface area contributed by atoms with Crippen LogP contribution >= 0.6 is 23.2 Å². The highest BCUT2D eigenvalue weighted by atomic mass is 35.5. The third-order valence-corrected chi connectivity index (χ3v) is 5.13. The first kappa shape index (κ1) is 11.9. The monoisotopic (exact) mass is 283 g/mol. The molecule has 8 heteroatoms. The number of halogens is 2. The highest BCUT2D eigenvalue weighted by molar-refractivity contribution is 7.91. The van der Waals surface area contributed by atoms with E-state index in [-0.39, 0.29) is 28.0 Å². The van der Waals surface area contributed by atoms with Crippen molar-refractivity contribution in [2.75, 3.05) is 11.5 Å². The minimum Gasteiger partial charge on any atom is -0.269 e. The SMILES string of the molecule is O=C1C(Cl)=C(Cl)C(=O)N1[C@H]1CCS(=O)(=O)C1. The van der Waals surface area contributed by atoms with E-state index in [1.165, 1.54) is 0 Å². The molecular weight excluding hydrogens is 277 g/mol.